The maximum Gasteiger partial charge on any atom is 0.247 e. The van der Waals surface area contributed by atoms with Crippen molar-refractivity contribution in [3.63, 3.8) is 0 Å². The van der Waals surface area contributed by atoms with Gasteiger partial charge in [-0.1, -0.05) is 30.3 Å². The summed E-state index contributed by atoms with van der Waals surface area (Å²) in [5, 5.41) is 7.77. The Kier molecular flexibility index (Phi) is 4.53. The summed E-state index contributed by atoms with van der Waals surface area (Å²) in [4.78, 5) is 12.5. The largest absolute Gasteiger partial charge is 0.351 e. The summed E-state index contributed by atoms with van der Waals surface area (Å²) >= 11 is 1.06. The van der Waals surface area contributed by atoms with E-state index >= 15 is 0 Å². The number of hydrogen-bond donors (Lipinski definition) is 2. The third-order valence-corrected chi connectivity index (χ3v) is 5.11. The van der Waals surface area contributed by atoms with Crippen molar-refractivity contribution in [3.8, 4) is 0 Å². The summed E-state index contributed by atoms with van der Waals surface area (Å²) in [7, 11) is -3.66. The quantitative estimate of drug-likeness (QED) is 0.871. The van der Waals surface area contributed by atoms with Crippen molar-refractivity contribution in [1.29, 1.82) is 0 Å². The maximum atomic E-state index is 11.7. The van der Waals surface area contributed by atoms with E-state index in [0.717, 1.165) is 21.8 Å². The van der Waals surface area contributed by atoms with Gasteiger partial charge < -0.3 is 5.32 Å². The van der Waals surface area contributed by atoms with Crippen LogP contribution in [0.1, 0.15) is 10.4 Å². The normalized spacial score (nSPS) is 11.2. The lowest BCUT2D eigenvalue weighted by molar-refractivity contribution is -0.120. The SMILES string of the molecule is NS(=O)(=O)c1ccc(CNC(=O)Cc2ccccc2)s1. The second kappa shape index (κ2) is 6.17. The number of primary sulfonamides is 1. The number of thiophene rings is 1. The van der Waals surface area contributed by atoms with Gasteiger partial charge in [0.05, 0.1) is 13.0 Å². The lowest BCUT2D eigenvalue weighted by Crippen LogP contribution is -2.24. The zero-order valence-corrected chi connectivity index (χ0v) is 12.2. The number of nitrogens with one attached hydrogen (secondary N) is 1. The van der Waals surface area contributed by atoms with Crippen LogP contribution in [0.15, 0.2) is 46.7 Å². The van der Waals surface area contributed by atoms with Gasteiger partial charge in [-0.15, -0.1) is 11.3 Å². The second-order valence-electron chi connectivity index (χ2n) is 4.20. The minimum atomic E-state index is -3.66. The molecular formula is C13H14N2O3S2. The molecule has 5 nitrogen and oxygen atoms in total. The van der Waals surface area contributed by atoms with Gasteiger partial charge in [0.15, 0.2) is 0 Å². The van der Waals surface area contributed by atoms with Gasteiger partial charge in [-0.05, 0) is 17.7 Å². The van der Waals surface area contributed by atoms with Crippen molar-refractivity contribution >= 4 is 27.3 Å². The first-order valence-electron chi connectivity index (χ1n) is 5.87. The fourth-order valence-electron chi connectivity index (χ4n) is 1.64. The van der Waals surface area contributed by atoms with E-state index in [0.29, 0.717) is 13.0 Å². The van der Waals surface area contributed by atoms with Crippen molar-refractivity contribution < 1.29 is 13.2 Å². The first kappa shape index (κ1) is 14.7. The number of sulfonamides is 1. The highest BCUT2D eigenvalue weighted by atomic mass is 32.2. The highest BCUT2D eigenvalue weighted by Crippen LogP contribution is 2.19. The Balaban J connectivity index is 1.89. The standard InChI is InChI=1S/C13H14N2O3S2/c14-20(17,18)13-7-6-11(19-13)9-15-12(16)8-10-4-2-1-3-5-10/h1-7H,8-9H2,(H,15,16)(H2,14,17,18). The van der Waals surface area contributed by atoms with Crippen molar-refractivity contribution in [2.45, 2.75) is 17.2 Å². The molecule has 0 saturated carbocycles. The lowest BCUT2D eigenvalue weighted by Gasteiger charge is -2.03. The van der Waals surface area contributed by atoms with Gasteiger partial charge in [0.25, 0.3) is 0 Å². The van der Waals surface area contributed by atoms with E-state index in [9.17, 15) is 13.2 Å². The Morgan fingerprint density at radius 2 is 1.85 bits per heavy atom. The molecule has 0 unspecified atom stereocenters. The smallest absolute Gasteiger partial charge is 0.247 e. The maximum absolute atomic E-state index is 11.7. The Morgan fingerprint density at radius 3 is 2.45 bits per heavy atom. The summed E-state index contributed by atoms with van der Waals surface area (Å²) in [6, 6.07) is 12.5. The Bertz CT molecular complexity index is 693. The van der Waals surface area contributed by atoms with Crippen LogP contribution in [0.3, 0.4) is 0 Å². The van der Waals surface area contributed by atoms with E-state index in [4.69, 9.17) is 5.14 Å². The zero-order chi connectivity index (χ0) is 14.6. The van der Waals surface area contributed by atoms with Gasteiger partial charge in [0.1, 0.15) is 4.21 Å². The summed E-state index contributed by atoms with van der Waals surface area (Å²) in [6.07, 6.45) is 0.300. The molecule has 0 aliphatic heterocycles. The van der Waals surface area contributed by atoms with Crippen LogP contribution in [-0.2, 0) is 27.8 Å². The third kappa shape index (κ3) is 4.16. The predicted octanol–water partition coefficient (Wildman–Crippen LogP) is 1.25. The van der Waals surface area contributed by atoms with Crippen LogP contribution >= 0.6 is 11.3 Å². The molecule has 0 bridgehead atoms. The molecule has 20 heavy (non-hydrogen) atoms. The number of amides is 1. The molecule has 1 heterocycles. The van der Waals surface area contributed by atoms with E-state index in [1.54, 1.807) is 6.07 Å². The molecular weight excluding hydrogens is 296 g/mol. The topological polar surface area (TPSA) is 89.3 Å². The number of carbonyl (C=O) groups is 1. The molecule has 106 valence electrons. The molecule has 1 aromatic heterocycles. The van der Waals surface area contributed by atoms with Gasteiger partial charge in [0.2, 0.25) is 15.9 Å². The molecule has 0 spiro atoms. The van der Waals surface area contributed by atoms with Crippen molar-refractivity contribution in [2.24, 2.45) is 5.14 Å². The number of rotatable bonds is 5. The highest BCUT2D eigenvalue weighted by Gasteiger charge is 2.11. The number of nitrogens with two attached hydrogens (primary N) is 1. The molecule has 7 heteroatoms. The van der Waals surface area contributed by atoms with E-state index < -0.39 is 10.0 Å². The molecule has 0 aliphatic carbocycles. The molecule has 2 rings (SSSR count). The lowest BCUT2D eigenvalue weighted by atomic mass is 10.1. The second-order valence-corrected chi connectivity index (χ2v) is 7.16. The number of benzene rings is 1. The van der Waals surface area contributed by atoms with Crippen LogP contribution in [0, 0.1) is 0 Å². The Morgan fingerprint density at radius 1 is 1.15 bits per heavy atom. The van der Waals surface area contributed by atoms with Gasteiger partial charge in [-0.25, -0.2) is 13.6 Å². The van der Waals surface area contributed by atoms with Gasteiger partial charge in [-0.3, -0.25) is 4.79 Å². The minimum absolute atomic E-state index is 0.102. The average Bonchev–Trinajstić information content (AvgIpc) is 2.86. The first-order valence-corrected chi connectivity index (χ1v) is 8.23. The molecule has 0 radical (unpaired) electrons. The Hall–Kier alpha value is -1.70. The summed E-state index contributed by atoms with van der Waals surface area (Å²) in [5.74, 6) is -0.109. The zero-order valence-electron chi connectivity index (χ0n) is 10.6. The van der Waals surface area contributed by atoms with Crippen LogP contribution in [0.5, 0.6) is 0 Å². The molecule has 0 aliphatic rings. The summed E-state index contributed by atoms with van der Waals surface area (Å²) in [5.41, 5.74) is 0.932. The molecule has 2 aromatic rings. The van der Waals surface area contributed by atoms with Crippen molar-refractivity contribution in [2.75, 3.05) is 0 Å². The molecule has 0 saturated heterocycles. The van der Waals surface area contributed by atoms with Crippen LogP contribution < -0.4 is 10.5 Å². The van der Waals surface area contributed by atoms with Crippen LogP contribution in [0.2, 0.25) is 0 Å². The molecule has 0 atom stereocenters. The van der Waals surface area contributed by atoms with Gasteiger partial charge >= 0.3 is 0 Å². The van der Waals surface area contributed by atoms with Crippen molar-refractivity contribution in [1.82, 2.24) is 5.32 Å². The van der Waals surface area contributed by atoms with Crippen LogP contribution in [-0.4, -0.2) is 14.3 Å². The first-order chi connectivity index (χ1) is 9.45. The van der Waals surface area contributed by atoms with Crippen LogP contribution in [0.4, 0.5) is 0 Å². The van der Waals surface area contributed by atoms with Gasteiger partial charge in [-0.2, -0.15) is 0 Å². The summed E-state index contributed by atoms with van der Waals surface area (Å²) < 4.78 is 22.4. The number of hydrogen-bond acceptors (Lipinski definition) is 4. The fraction of sp³-hybridized carbons (Fsp3) is 0.154. The highest BCUT2D eigenvalue weighted by molar-refractivity contribution is 7.91. The summed E-state index contributed by atoms with van der Waals surface area (Å²) in [6.45, 7) is 0.297. The molecule has 1 aromatic carbocycles. The third-order valence-electron chi connectivity index (χ3n) is 2.58. The monoisotopic (exact) mass is 310 g/mol. The van der Waals surface area contributed by atoms with E-state index in [-0.39, 0.29) is 10.1 Å². The fourth-order valence-corrected chi connectivity index (χ4v) is 3.35. The minimum Gasteiger partial charge on any atom is -0.351 e. The van der Waals surface area contributed by atoms with E-state index in [1.807, 2.05) is 30.3 Å². The van der Waals surface area contributed by atoms with Crippen LogP contribution in [0.25, 0.3) is 0 Å². The molecule has 3 N–H and O–H groups in total. The molecule has 1 amide bonds. The van der Waals surface area contributed by atoms with Crippen molar-refractivity contribution in [3.05, 3.63) is 52.9 Å². The molecule has 0 fully saturated rings. The Labute approximate surface area is 121 Å². The van der Waals surface area contributed by atoms with E-state index in [1.165, 1.54) is 6.07 Å². The number of carbonyl (C=O) groups excluding carboxylic acids is 1. The average molecular weight is 310 g/mol. The van der Waals surface area contributed by atoms with E-state index in [2.05, 4.69) is 5.32 Å². The predicted molar refractivity (Wildman–Crippen MR) is 77.7 cm³/mol. The van der Waals surface area contributed by atoms with Gasteiger partial charge in [0, 0.05) is 4.88 Å².